The molecule has 1 N–H and O–H groups in total. The van der Waals surface area contributed by atoms with E-state index in [1.54, 1.807) is 17.9 Å². The van der Waals surface area contributed by atoms with Crippen molar-refractivity contribution >= 4 is 0 Å². The smallest absolute Gasteiger partial charge is 1.00 e. The molecule has 16 heavy (non-hydrogen) atoms. The van der Waals surface area contributed by atoms with E-state index in [0.29, 0.717) is 0 Å². The summed E-state index contributed by atoms with van der Waals surface area (Å²) in [4.78, 5) is 14.1. The summed E-state index contributed by atoms with van der Waals surface area (Å²) in [6.45, 7) is 1.88. The molecule has 80 valence electrons. The van der Waals surface area contributed by atoms with Crippen LogP contribution < -0.4 is 40.0 Å². The molecule has 2 rings (SSSR count). The van der Waals surface area contributed by atoms with Gasteiger partial charge in [-0.2, -0.15) is 0 Å². The molecule has 1 aromatic heterocycles. The van der Waals surface area contributed by atoms with Crippen LogP contribution in [-0.2, 0) is 0 Å². The minimum atomic E-state index is -0.127. The Kier molecular flexibility index (Phi) is 4.41. The Bertz CT molecular complexity index is 519. The summed E-state index contributed by atoms with van der Waals surface area (Å²) in [6.07, 6.45) is 1.69. The first-order valence-electron chi connectivity index (χ1n) is 4.64. The predicted molar refractivity (Wildman–Crippen MR) is 58.8 cm³/mol. The second kappa shape index (κ2) is 5.39. The van der Waals surface area contributed by atoms with E-state index in [4.69, 9.17) is 4.74 Å². The van der Waals surface area contributed by atoms with Crippen molar-refractivity contribution < 1.29 is 35.7 Å². The number of rotatable bonds is 2. The normalized spacial score (nSPS) is 9.62. The Labute approximate surface area is 117 Å². The van der Waals surface area contributed by atoms with Crippen molar-refractivity contribution in [3.8, 4) is 11.4 Å². The number of imidazole rings is 1. The number of nitrogens with one attached hydrogen (secondary N) is 1. The molecule has 0 fully saturated rings. The topological polar surface area (TPSA) is 47.0 Å². The Hall–Kier alpha value is -0.970. The predicted octanol–water partition coefficient (Wildman–Crippen LogP) is -1.40. The summed E-state index contributed by atoms with van der Waals surface area (Å²) >= 11 is 0. The maximum absolute atomic E-state index is 11.5. The van der Waals surface area contributed by atoms with Crippen LogP contribution in [-0.4, -0.2) is 16.7 Å². The van der Waals surface area contributed by atoms with Crippen LogP contribution >= 0.6 is 0 Å². The molecule has 0 spiro atoms. The second-order valence-electron chi connectivity index (χ2n) is 3.27. The van der Waals surface area contributed by atoms with Crippen LogP contribution in [0, 0.1) is 6.92 Å². The number of aromatic nitrogens is 2. The number of H-pyrrole nitrogens is 1. The quantitative estimate of drug-likeness (QED) is 0.643. The summed E-state index contributed by atoms with van der Waals surface area (Å²) in [5.41, 5.74) is 1.59. The monoisotopic (exact) mass is 228 g/mol. The van der Waals surface area contributed by atoms with Gasteiger partial charge in [0.15, 0.2) is 0 Å². The number of methoxy groups -OCH3 is 1. The average molecular weight is 228 g/mol. The standard InChI is InChI=1S/C11H12N2O2.Na.H/c1-8-7-12-11(14)13(8)9-3-5-10(15-2)6-4-9;;/h3-7H,1-2H3,(H,12,14);;/q;+1;-1. The molecule has 2 aromatic rings. The van der Waals surface area contributed by atoms with Gasteiger partial charge >= 0.3 is 35.2 Å². The summed E-state index contributed by atoms with van der Waals surface area (Å²) in [7, 11) is 1.61. The zero-order valence-electron chi connectivity index (χ0n) is 10.7. The van der Waals surface area contributed by atoms with Gasteiger partial charge < -0.3 is 11.1 Å². The van der Waals surface area contributed by atoms with Crippen LogP contribution in [0.2, 0.25) is 0 Å². The Balaban J connectivity index is 0.00000128. The van der Waals surface area contributed by atoms with Gasteiger partial charge in [-0.05, 0) is 31.2 Å². The van der Waals surface area contributed by atoms with Crippen molar-refractivity contribution in [3.05, 3.63) is 46.6 Å². The largest absolute Gasteiger partial charge is 1.00 e. The first-order chi connectivity index (χ1) is 7.22. The van der Waals surface area contributed by atoms with E-state index in [1.165, 1.54) is 0 Å². The van der Waals surface area contributed by atoms with Gasteiger partial charge in [0, 0.05) is 11.9 Å². The maximum atomic E-state index is 11.5. The zero-order valence-corrected chi connectivity index (χ0v) is 11.7. The summed E-state index contributed by atoms with van der Waals surface area (Å²) in [6, 6.07) is 7.35. The van der Waals surface area contributed by atoms with Gasteiger partial charge in [-0.15, -0.1) is 0 Å². The Morgan fingerprint density at radius 1 is 1.31 bits per heavy atom. The molecular formula is C11H13N2NaO2. The number of ether oxygens (including phenoxy) is 1. The zero-order chi connectivity index (χ0) is 10.8. The molecule has 0 radical (unpaired) electrons. The van der Waals surface area contributed by atoms with E-state index >= 15 is 0 Å². The molecule has 1 heterocycles. The molecule has 0 aliphatic rings. The Morgan fingerprint density at radius 2 is 1.94 bits per heavy atom. The molecule has 0 saturated carbocycles. The van der Waals surface area contributed by atoms with E-state index < -0.39 is 0 Å². The first-order valence-corrected chi connectivity index (χ1v) is 4.64. The molecule has 0 aliphatic carbocycles. The van der Waals surface area contributed by atoms with Gasteiger partial charge in [-0.3, -0.25) is 4.57 Å². The van der Waals surface area contributed by atoms with Gasteiger partial charge in [0.1, 0.15) is 5.75 Å². The number of hydrogen-bond acceptors (Lipinski definition) is 2. The van der Waals surface area contributed by atoms with Crippen LogP contribution in [0.4, 0.5) is 0 Å². The van der Waals surface area contributed by atoms with E-state index in [-0.39, 0.29) is 36.7 Å². The van der Waals surface area contributed by atoms with Crippen molar-refractivity contribution in [1.29, 1.82) is 0 Å². The summed E-state index contributed by atoms with van der Waals surface area (Å²) < 4.78 is 6.66. The molecule has 0 saturated heterocycles. The van der Waals surface area contributed by atoms with Crippen molar-refractivity contribution in [2.75, 3.05) is 7.11 Å². The minimum Gasteiger partial charge on any atom is -1.00 e. The third-order valence-corrected chi connectivity index (χ3v) is 2.29. The van der Waals surface area contributed by atoms with Crippen molar-refractivity contribution in [1.82, 2.24) is 9.55 Å². The van der Waals surface area contributed by atoms with Crippen molar-refractivity contribution in [2.45, 2.75) is 6.92 Å². The van der Waals surface area contributed by atoms with Gasteiger partial charge in [0.25, 0.3) is 0 Å². The molecule has 0 atom stereocenters. The van der Waals surface area contributed by atoms with Gasteiger partial charge in [0.2, 0.25) is 0 Å². The molecule has 1 aromatic carbocycles. The number of aryl methyl sites for hydroxylation is 1. The third-order valence-electron chi connectivity index (χ3n) is 2.29. The van der Waals surface area contributed by atoms with Crippen LogP contribution in [0.25, 0.3) is 5.69 Å². The minimum absolute atomic E-state index is 0. The summed E-state index contributed by atoms with van der Waals surface area (Å²) in [5.74, 6) is 0.778. The van der Waals surface area contributed by atoms with Crippen molar-refractivity contribution in [3.63, 3.8) is 0 Å². The van der Waals surface area contributed by atoms with E-state index in [0.717, 1.165) is 17.1 Å². The van der Waals surface area contributed by atoms with E-state index in [1.807, 2.05) is 31.2 Å². The van der Waals surface area contributed by atoms with Crippen LogP contribution in [0.5, 0.6) is 5.75 Å². The van der Waals surface area contributed by atoms with Gasteiger partial charge in [-0.25, -0.2) is 4.79 Å². The van der Waals surface area contributed by atoms with Gasteiger partial charge in [-0.1, -0.05) is 0 Å². The fraction of sp³-hybridized carbons (Fsp3) is 0.182. The summed E-state index contributed by atoms with van der Waals surface area (Å²) in [5, 5.41) is 0. The molecule has 0 amide bonds. The van der Waals surface area contributed by atoms with Crippen molar-refractivity contribution in [2.24, 2.45) is 0 Å². The Morgan fingerprint density at radius 3 is 2.38 bits per heavy atom. The maximum Gasteiger partial charge on any atom is 1.00 e. The fourth-order valence-electron chi connectivity index (χ4n) is 1.51. The number of hydrogen-bond donors (Lipinski definition) is 1. The number of aromatic amines is 1. The average Bonchev–Trinajstić information content (AvgIpc) is 2.59. The van der Waals surface area contributed by atoms with Crippen LogP contribution in [0.1, 0.15) is 7.12 Å². The third kappa shape index (κ3) is 2.40. The van der Waals surface area contributed by atoms with Crippen LogP contribution in [0.3, 0.4) is 0 Å². The molecule has 0 unspecified atom stereocenters. The fourth-order valence-corrected chi connectivity index (χ4v) is 1.51. The molecule has 5 heteroatoms. The van der Waals surface area contributed by atoms with Crippen LogP contribution in [0.15, 0.2) is 35.3 Å². The van der Waals surface area contributed by atoms with E-state index in [9.17, 15) is 4.79 Å². The molecular weight excluding hydrogens is 215 g/mol. The molecule has 0 aliphatic heterocycles. The molecule has 4 nitrogen and oxygen atoms in total. The first kappa shape index (κ1) is 13.1. The SMILES string of the molecule is COc1ccc(-n2c(C)c[nH]c2=O)cc1.[H-].[Na+]. The van der Waals surface area contributed by atoms with E-state index in [2.05, 4.69) is 4.98 Å². The number of benzene rings is 1. The number of nitrogens with zero attached hydrogens (tertiary/aromatic N) is 1. The van der Waals surface area contributed by atoms with Gasteiger partial charge in [0.05, 0.1) is 12.8 Å². The molecule has 0 bridgehead atoms. The second-order valence-corrected chi connectivity index (χ2v) is 3.27.